The third kappa shape index (κ3) is 3.48. The minimum absolute atomic E-state index is 0.503. The van der Waals surface area contributed by atoms with Crippen molar-refractivity contribution in [1.29, 1.82) is 0 Å². The molecule has 2 unspecified atom stereocenters. The number of allylic oxidation sites excluding steroid dienone is 2. The van der Waals surface area contributed by atoms with E-state index in [9.17, 15) is 0 Å². The molecule has 44 heavy (non-hydrogen) atoms. The van der Waals surface area contributed by atoms with Crippen LogP contribution in [-0.2, 0) is 14.2 Å². The molecule has 2 fully saturated rings. The summed E-state index contributed by atoms with van der Waals surface area (Å²) >= 11 is -5.23. The van der Waals surface area contributed by atoms with Crippen molar-refractivity contribution in [3.05, 3.63) is 131 Å². The summed E-state index contributed by atoms with van der Waals surface area (Å²) in [6.45, 7) is 2.70. The second-order valence-corrected chi connectivity index (χ2v) is 90.9. The first-order valence-corrected chi connectivity index (χ1v) is 41.2. The molecule has 4 aliphatic rings. The van der Waals surface area contributed by atoms with Gasteiger partial charge in [0.2, 0.25) is 0 Å². The van der Waals surface area contributed by atoms with E-state index < -0.39 is 14.2 Å². The van der Waals surface area contributed by atoms with Gasteiger partial charge in [-0.25, -0.2) is 0 Å². The average molecular weight is 759 g/mol. The monoisotopic (exact) mass is 760 g/mol. The van der Waals surface area contributed by atoms with Crippen molar-refractivity contribution in [2.24, 2.45) is 0 Å². The van der Waals surface area contributed by atoms with Crippen LogP contribution in [0.5, 0.6) is 0 Å². The van der Waals surface area contributed by atoms with Crippen molar-refractivity contribution >= 4 is 19.1 Å². The molecule has 0 spiro atoms. The first-order chi connectivity index (χ1) is 21.2. The molecule has 2 saturated carbocycles. The molecule has 0 aromatic heterocycles. The van der Waals surface area contributed by atoms with Crippen LogP contribution < -0.4 is 0 Å². The van der Waals surface area contributed by atoms with Crippen LogP contribution in [0.15, 0.2) is 109 Å². The zero-order valence-corrected chi connectivity index (χ0v) is 31.7. The van der Waals surface area contributed by atoms with E-state index >= 15 is 0 Å². The van der Waals surface area contributed by atoms with Crippen LogP contribution >= 0.6 is 0 Å². The summed E-state index contributed by atoms with van der Waals surface area (Å²) in [7, 11) is 0. The van der Waals surface area contributed by atoms with Crippen LogP contribution in [0.25, 0.3) is 34.4 Å². The van der Waals surface area contributed by atoms with Crippen molar-refractivity contribution in [2.75, 3.05) is 0 Å². The molecule has 0 bridgehead atoms. The maximum absolute atomic E-state index is 5.23. The van der Waals surface area contributed by atoms with Crippen LogP contribution in [0.4, 0.5) is 0 Å². The number of fused-ring (bicyclic) bond motifs is 2. The first kappa shape index (κ1) is 28.9. The van der Waals surface area contributed by atoms with Gasteiger partial charge in [0.05, 0.1) is 0 Å². The van der Waals surface area contributed by atoms with Crippen LogP contribution in [0.1, 0.15) is 81.0 Å². The SMILES string of the molecule is [CH3][Hf]([CH3])(=[SiH2])([CH]1CCCC1)([CH]1CCCC1)([CH]1C=Cc2c(-c3ccccc3)cccc21)[CH]1C=Cc2c(-c3ccccc3)cccc21. The molecule has 8 rings (SSSR count). The summed E-state index contributed by atoms with van der Waals surface area (Å²) in [5, 5.41) is 0. The normalized spacial score (nSPS) is 24.0. The maximum atomic E-state index is 3.06. The van der Waals surface area contributed by atoms with Gasteiger partial charge in [-0.1, -0.05) is 0 Å². The summed E-state index contributed by atoms with van der Waals surface area (Å²) in [4.78, 5) is 0. The van der Waals surface area contributed by atoms with Crippen molar-refractivity contribution < 1.29 is 14.2 Å². The summed E-state index contributed by atoms with van der Waals surface area (Å²) in [5.74, 6) is 0. The molecule has 4 aliphatic carbocycles. The van der Waals surface area contributed by atoms with E-state index in [4.69, 9.17) is 0 Å². The van der Waals surface area contributed by atoms with Gasteiger partial charge in [0, 0.05) is 0 Å². The quantitative estimate of drug-likeness (QED) is 0.172. The van der Waals surface area contributed by atoms with Gasteiger partial charge in [-0.15, -0.1) is 0 Å². The Balaban J connectivity index is 1.45. The topological polar surface area (TPSA) is 0 Å². The van der Waals surface area contributed by atoms with Crippen molar-refractivity contribution in [2.45, 2.75) is 75.4 Å². The second-order valence-electron chi connectivity index (χ2n) is 17.3. The van der Waals surface area contributed by atoms with Crippen LogP contribution in [0.3, 0.4) is 0 Å². The van der Waals surface area contributed by atoms with E-state index in [0.717, 1.165) is 7.35 Å². The van der Waals surface area contributed by atoms with E-state index in [0.29, 0.717) is 7.35 Å². The molecule has 0 N–H and O–H groups in total. The fourth-order valence-electron chi connectivity index (χ4n) is 12.6. The van der Waals surface area contributed by atoms with Gasteiger partial charge in [0.1, 0.15) is 0 Å². The Morgan fingerprint density at radius 2 is 0.886 bits per heavy atom. The zero-order chi connectivity index (χ0) is 30.1. The molecule has 2 atom stereocenters. The molecule has 4 aromatic carbocycles. The van der Waals surface area contributed by atoms with Crippen molar-refractivity contribution in [3.8, 4) is 22.3 Å². The molecule has 0 heterocycles. The van der Waals surface area contributed by atoms with E-state index in [2.05, 4.69) is 138 Å². The van der Waals surface area contributed by atoms with Gasteiger partial charge >= 0.3 is 262 Å². The van der Waals surface area contributed by atoms with E-state index in [1.807, 2.05) is 0 Å². The Hall–Kier alpha value is -2.55. The molecule has 0 amide bonds. The number of benzene rings is 4. The van der Waals surface area contributed by atoms with Crippen LogP contribution in [0, 0.1) is 0 Å². The standard InChI is InChI=1S/2C15H11.2C5H9.2CH3.Hf.H2Si/c2*1-2-6-12(7-3-1)14-10-4-8-13-9-5-11-15(13)14;2*1-2-4-5-3-1;;;;/h2*1-11H;2*1H,2-5H2;2*1H3;;1H2. The van der Waals surface area contributed by atoms with Crippen molar-refractivity contribution in [1.82, 2.24) is 0 Å². The Morgan fingerprint density at radius 3 is 1.27 bits per heavy atom. The fourth-order valence-corrected chi connectivity index (χ4v) is 76.1. The third-order valence-electron chi connectivity index (χ3n) is 15.1. The molecule has 4 aromatic rings. The van der Waals surface area contributed by atoms with Gasteiger partial charge < -0.3 is 0 Å². The minimum atomic E-state index is -5.23. The van der Waals surface area contributed by atoms with Gasteiger partial charge in [0.15, 0.2) is 0 Å². The summed E-state index contributed by atoms with van der Waals surface area (Å²) < 4.78 is 8.75. The second kappa shape index (κ2) is 9.26. The molecule has 0 radical (unpaired) electrons. The fraction of sp³-hybridized carbons (Fsp3) is 0.333. The molecule has 0 saturated heterocycles. The molecular formula is C42H48HfSi. The Kier molecular flexibility index (Phi) is 6.08. The molecular weight excluding hydrogens is 711 g/mol. The predicted molar refractivity (Wildman–Crippen MR) is 192 cm³/mol. The number of hydrogen-bond acceptors (Lipinski definition) is 0. The summed E-state index contributed by atoms with van der Waals surface area (Å²) in [6, 6.07) is 36.9. The van der Waals surface area contributed by atoms with E-state index in [1.165, 1.54) is 84.7 Å². The predicted octanol–water partition coefficient (Wildman–Crippen LogP) is 12.0. The Morgan fingerprint density at radius 1 is 0.500 bits per heavy atom. The van der Waals surface area contributed by atoms with Gasteiger partial charge in [0.25, 0.3) is 0 Å². The van der Waals surface area contributed by atoms with Crippen molar-refractivity contribution in [3.63, 3.8) is 0 Å². The van der Waals surface area contributed by atoms with Crippen LogP contribution in [0.2, 0.25) is 16.7 Å². The van der Waals surface area contributed by atoms with Gasteiger partial charge in [-0.05, 0) is 0 Å². The van der Waals surface area contributed by atoms with Crippen LogP contribution in [-0.4, -0.2) is 6.94 Å². The number of rotatable bonds is 6. The molecule has 2 heteroatoms. The molecule has 0 nitrogen and oxygen atoms in total. The zero-order valence-electron chi connectivity index (χ0n) is 26.7. The van der Waals surface area contributed by atoms with E-state index in [-0.39, 0.29) is 0 Å². The number of hydrogen-bond donors (Lipinski definition) is 0. The third-order valence-corrected chi connectivity index (χ3v) is 85.4. The Bertz CT molecular complexity index is 1820. The average Bonchev–Trinajstić information content (AvgIpc) is 3.88. The molecule has 0 aliphatic heterocycles. The first-order valence-electron chi connectivity index (χ1n) is 17.4. The van der Waals surface area contributed by atoms with Gasteiger partial charge in [-0.2, -0.15) is 0 Å². The molecule has 224 valence electrons. The van der Waals surface area contributed by atoms with Gasteiger partial charge in [-0.3, -0.25) is 0 Å². The summed E-state index contributed by atoms with van der Waals surface area (Å²) in [6.07, 6.45) is 21.9. The Labute approximate surface area is 260 Å². The summed E-state index contributed by atoms with van der Waals surface area (Å²) in [5.41, 5.74) is 11.8. The van der Waals surface area contributed by atoms with E-state index in [1.54, 1.807) is 11.1 Å².